The van der Waals surface area contributed by atoms with Crippen LogP contribution in [0.2, 0.25) is 0 Å². The van der Waals surface area contributed by atoms with Crippen LogP contribution in [0.5, 0.6) is 0 Å². The third-order valence-electron chi connectivity index (χ3n) is 5.18. The highest BCUT2D eigenvalue weighted by atomic mass is 79.9. The SMILES string of the molecule is CN(C(=O)c1cnc(C(F)(F)F)c(Br)c1)[C@@H]1COCc2[nH]c(=O)c3cc(F)c(F)cc3c21. The summed E-state index contributed by atoms with van der Waals surface area (Å²) in [6, 6.07) is 1.82. The molecule has 1 aromatic carbocycles. The van der Waals surface area contributed by atoms with Crippen LogP contribution in [-0.2, 0) is 17.5 Å². The van der Waals surface area contributed by atoms with Gasteiger partial charge in [-0.05, 0) is 39.5 Å². The number of likely N-dealkylation sites (N-methyl/N-ethyl adjacent to an activating group) is 1. The monoisotopic (exact) mass is 517 g/mol. The van der Waals surface area contributed by atoms with Crippen molar-refractivity contribution in [3.05, 3.63) is 73.4 Å². The maximum absolute atomic E-state index is 14.0. The second-order valence-corrected chi connectivity index (χ2v) is 8.01. The Kier molecular flexibility index (Phi) is 5.53. The number of pyridine rings is 2. The average Bonchev–Trinajstić information content (AvgIpc) is 2.72. The van der Waals surface area contributed by atoms with Gasteiger partial charge in [0.05, 0.1) is 30.2 Å². The lowest BCUT2D eigenvalue weighted by molar-refractivity contribution is -0.141. The van der Waals surface area contributed by atoms with Crippen molar-refractivity contribution >= 4 is 32.6 Å². The van der Waals surface area contributed by atoms with Gasteiger partial charge in [-0.1, -0.05) is 0 Å². The van der Waals surface area contributed by atoms with Gasteiger partial charge in [0.25, 0.3) is 11.5 Å². The molecule has 12 heteroatoms. The number of carbonyl (C=O) groups excluding carboxylic acids is 1. The van der Waals surface area contributed by atoms with Gasteiger partial charge in [0, 0.05) is 29.0 Å². The molecule has 6 nitrogen and oxygen atoms in total. The Morgan fingerprint density at radius 1 is 1.22 bits per heavy atom. The summed E-state index contributed by atoms with van der Waals surface area (Å²) in [5, 5.41) is 0.0108. The van der Waals surface area contributed by atoms with Gasteiger partial charge in [-0.2, -0.15) is 13.2 Å². The number of fused-ring (bicyclic) bond motifs is 3. The third kappa shape index (κ3) is 3.77. The van der Waals surface area contributed by atoms with Crippen molar-refractivity contribution in [3.63, 3.8) is 0 Å². The summed E-state index contributed by atoms with van der Waals surface area (Å²) in [4.78, 5) is 32.4. The van der Waals surface area contributed by atoms with Gasteiger partial charge in [-0.25, -0.2) is 13.8 Å². The summed E-state index contributed by atoms with van der Waals surface area (Å²) in [6.45, 7) is -0.0595. The molecule has 3 heterocycles. The molecule has 3 aromatic rings. The van der Waals surface area contributed by atoms with Gasteiger partial charge >= 0.3 is 6.18 Å². The van der Waals surface area contributed by atoms with Crippen LogP contribution < -0.4 is 5.56 Å². The molecule has 0 saturated carbocycles. The number of hydrogen-bond donors (Lipinski definition) is 1. The minimum absolute atomic E-state index is 0.0224. The number of amides is 1. The van der Waals surface area contributed by atoms with Gasteiger partial charge in [-0.3, -0.25) is 9.59 Å². The van der Waals surface area contributed by atoms with E-state index < -0.39 is 45.5 Å². The largest absolute Gasteiger partial charge is 0.434 e. The fourth-order valence-corrected chi connectivity index (χ4v) is 4.23. The van der Waals surface area contributed by atoms with Crippen LogP contribution >= 0.6 is 15.9 Å². The number of aromatic amines is 1. The fraction of sp³-hybridized carbons (Fsp3) is 0.250. The number of H-pyrrole nitrogens is 1. The van der Waals surface area contributed by atoms with E-state index in [1.54, 1.807) is 0 Å². The number of aromatic nitrogens is 2. The smallest absolute Gasteiger partial charge is 0.373 e. The molecule has 4 rings (SSSR count). The highest BCUT2D eigenvalue weighted by Gasteiger charge is 2.36. The van der Waals surface area contributed by atoms with Crippen LogP contribution in [0, 0.1) is 11.6 Å². The van der Waals surface area contributed by atoms with Crippen molar-refractivity contribution in [3.8, 4) is 0 Å². The molecule has 0 unspecified atom stereocenters. The Morgan fingerprint density at radius 3 is 2.50 bits per heavy atom. The van der Waals surface area contributed by atoms with Crippen LogP contribution in [0.4, 0.5) is 22.0 Å². The molecule has 32 heavy (non-hydrogen) atoms. The zero-order valence-electron chi connectivity index (χ0n) is 16.2. The molecular formula is C20H13BrF5N3O3. The highest BCUT2D eigenvalue weighted by molar-refractivity contribution is 9.10. The summed E-state index contributed by atoms with van der Waals surface area (Å²) in [7, 11) is 1.38. The van der Waals surface area contributed by atoms with Gasteiger partial charge in [0.2, 0.25) is 0 Å². The van der Waals surface area contributed by atoms with E-state index in [2.05, 4.69) is 25.9 Å². The van der Waals surface area contributed by atoms with E-state index in [0.29, 0.717) is 5.56 Å². The summed E-state index contributed by atoms with van der Waals surface area (Å²) >= 11 is 2.78. The van der Waals surface area contributed by atoms with Crippen molar-refractivity contribution in [1.82, 2.24) is 14.9 Å². The zero-order chi connectivity index (χ0) is 23.4. The summed E-state index contributed by atoms with van der Waals surface area (Å²) < 4.78 is 71.6. The molecule has 1 amide bonds. The number of halogens is 6. The van der Waals surface area contributed by atoms with Crippen LogP contribution in [0.1, 0.15) is 33.4 Å². The average molecular weight is 518 g/mol. The van der Waals surface area contributed by atoms with Crippen LogP contribution in [-0.4, -0.2) is 34.4 Å². The maximum atomic E-state index is 14.0. The first-order chi connectivity index (χ1) is 15.0. The molecule has 0 fully saturated rings. The van der Waals surface area contributed by atoms with Gasteiger partial charge in [-0.15, -0.1) is 0 Å². The molecule has 1 aliphatic heterocycles. The number of benzene rings is 1. The van der Waals surface area contributed by atoms with Crippen molar-refractivity contribution in [2.24, 2.45) is 0 Å². The molecule has 0 spiro atoms. The van der Waals surface area contributed by atoms with E-state index in [0.717, 1.165) is 24.4 Å². The lowest BCUT2D eigenvalue weighted by Gasteiger charge is -2.34. The predicted molar refractivity (Wildman–Crippen MR) is 106 cm³/mol. The van der Waals surface area contributed by atoms with E-state index in [-0.39, 0.29) is 35.2 Å². The molecule has 168 valence electrons. The minimum Gasteiger partial charge on any atom is -0.373 e. The van der Waals surface area contributed by atoms with E-state index in [9.17, 15) is 31.5 Å². The molecular weight excluding hydrogens is 505 g/mol. The van der Waals surface area contributed by atoms with Crippen LogP contribution in [0.3, 0.4) is 0 Å². The van der Waals surface area contributed by atoms with Gasteiger partial charge in [0.15, 0.2) is 17.3 Å². The lowest BCUT2D eigenvalue weighted by atomic mass is 9.95. The quantitative estimate of drug-likeness (QED) is 0.513. The standard InChI is InChI=1S/C20H13BrF5N3O3/c1-29(19(31)8-2-11(21)17(27-5-8)20(24,25)26)15-7-32-6-14-16(15)9-3-12(22)13(23)4-10(9)18(30)28-14/h2-5,15H,6-7H2,1H3,(H,28,30)/t15-/m1/s1. The molecule has 1 atom stereocenters. The van der Waals surface area contributed by atoms with E-state index in [1.807, 2.05) is 0 Å². The second-order valence-electron chi connectivity index (χ2n) is 7.16. The molecule has 1 aliphatic rings. The number of rotatable bonds is 2. The molecule has 1 N–H and O–H groups in total. The van der Waals surface area contributed by atoms with E-state index in [4.69, 9.17) is 4.74 Å². The number of nitrogens with zero attached hydrogens (tertiary/aromatic N) is 2. The molecule has 0 aliphatic carbocycles. The van der Waals surface area contributed by atoms with Crippen molar-refractivity contribution in [2.75, 3.05) is 13.7 Å². The number of nitrogens with one attached hydrogen (secondary N) is 1. The predicted octanol–water partition coefficient (Wildman–Crippen LogP) is 4.33. The number of hydrogen-bond acceptors (Lipinski definition) is 4. The Balaban J connectivity index is 1.79. The normalized spacial score (nSPS) is 16.2. The second kappa shape index (κ2) is 7.93. The topological polar surface area (TPSA) is 75.3 Å². The summed E-state index contributed by atoms with van der Waals surface area (Å²) in [5.41, 5.74) is -1.31. The molecule has 2 aromatic heterocycles. The first kappa shape index (κ1) is 22.3. The van der Waals surface area contributed by atoms with Gasteiger partial charge in [0.1, 0.15) is 0 Å². The fourth-order valence-electron chi connectivity index (χ4n) is 3.66. The van der Waals surface area contributed by atoms with Crippen molar-refractivity contribution in [1.29, 1.82) is 0 Å². The highest BCUT2D eigenvalue weighted by Crippen LogP contribution is 2.36. The number of carbonyl (C=O) groups is 1. The van der Waals surface area contributed by atoms with Crippen LogP contribution in [0.15, 0.2) is 33.7 Å². The number of ether oxygens (including phenoxy) is 1. The summed E-state index contributed by atoms with van der Waals surface area (Å²) in [6.07, 6.45) is -3.90. The molecule has 0 saturated heterocycles. The Bertz CT molecular complexity index is 1310. The van der Waals surface area contributed by atoms with Crippen LogP contribution in [0.25, 0.3) is 10.8 Å². The van der Waals surface area contributed by atoms with Gasteiger partial charge < -0.3 is 14.6 Å². The number of alkyl halides is 3. The maximum Gasteiger partial charge on any atom is 0.434 e. The van der Waals surface area contributed by atoms with E-state index in [1.165, 1.54) is 11.9 Å². The third-order valence-corrected chi connectivity index (χ3v) is 5.79. The summed E-state index contributed by atoms with van der Waals surface area (Å²) in [5.74, 6) is -3.05. The van der Waals surface area contributed by atoms with E-state index >= 15 is 0 Å². The zero-order valence-corrected chi connectivity index (χ0v) is 17.8. The Morgan fingerprint density at radius 2 is 1.88 bits per heavy atom. The molecule has 0 radical (unpaired) electrons. The van der Waals surface area contributed by atoms with Crippen molar-refractivity contribution in [2.45, 2.75) is 18.8 Å². The Hall–Kier alpha value is -2.86. The first-order valence-electron chi connectivity index (χ1n) is 9.10. The van der Waals surface area contributed by atoms with Crippen molar-refractivity contribution < 1.29 is 31.5 Å². The Labute approximate surface area is 185 Å². The minimum atomic E-state index is -4.70. The first-order valence-corrected chi connectivity index (χ1v) is 9.89. The lowest BCUT2D eigenvalue weighted by Crippen LogP contribution is -2.37. The molecule has 0 bridgehead atoms.